The van der Waals surface area contributed by atoms with Gasteiger partial charge in [-0.05, 0) is 13.8 Å². The van der Waals surface area contributed by atoms with Crippen molar-refractivity contribution < 1.29 is 19.5 Å². The van der Waals surface area contributed by atoms with E-state index in [-0.39, 0.29) is 12.1 Å². The molecule has 2 aliphatic rings. The molecular formula is C10H10Cl3N3O3S. The number of carboxylic acid groups (broad SMARTS) is 1. The van der Waals surface area contributed by atoms with E-state index in [9.17, 15) is 14.7 Å². The number of hydrogen-bond donors (Lipinski definition) is 1. The van der Waals surface area contributed by atoms with Crippen molar-refractivity contribution in [3.05, 3.63) is 5.53 Å². The topological polar surface area (TPSA) is 94.0 Å². The lowest BCUT2D eigenvalue weighted by atomic mass is 9.79. The molecule has 1 N–H and O–H groups in total. The Bertz CT molecular complexity index is 556. The molecule has 6 nitrogen and oxygen atoms in total. The highest BCUT2D eigenvalue weighted by Crippen LogP contribution is 2.59. The first kappa shape index (κ1) is 15.9. The Morgan fingerprint density at radius 2 is 2.10 bits per heavy atom. The number of halogens is 3. The fourth-order valence-electron chi connectivity index (χ4n) is 2.66. The smallest absolute Gasteiger partial charge is 0.388 e. The quantitative estimate of drug-likeness (QED) is 0.353. The van der Waals surface area contributed by atoms with Crippen LogP contribution in [0.25, 0.3) is 5.53 Å². The standard InChI is InChI=1S/C10H10Cl3N3O3S/c1-8(2)9(7(18)19,3-10(11,12)13)16-5(17)4(15-14)6(16)20-8/h6H,3H2,1-2H3,(H,18,19)/t6-,9+/m1/s1. The lowest BCUT2D eigenvalue weighted by Gasteiger charge is -2.45. The maximum absolute atomic E-state index is 12.0. The number of thioether (sulfide) groups is 1. The Balaban J connectivity index is 2.58. The number of carbonyl (C=O) groups excluding carboxylic acids is 1. The SMILES string of the molecule is CC1(C)S[C@@H]2C(=[N+]=[N-])C(=O)N2[C@@]1(CC(Cl)(Cl)Cl)C(=O)O. The van der Waals surface area contributed by atoms with Crippen LogP contribution in [0.15, 0.2) is 0 Å². The van der Waals surface area contributed by atoms with Crippen LogP contribution in [0, 0.1) is 0 Å². The lowest BCUT2D eigenvalue weighted by molar-refractivity contribution is -0.164. The fourth-order valence-corrected chi connectivity index (χ4v) is 4.89. The van der Waals surface area contributed by atoms with Crippen LogP contribution in [-0.2, 0) is 9.59 Å². The minimum absolute atomic E-state index is 0.0875. The lowest BCUT2D eigenvalue weighted by Crippen LogP contribution is -2.72. The summed E-state index contributed by atoms with van der Waals surface area (Å²) in [6.45, 7) is 3.31. The van der Waals surface area contributed by atoms with E-state index < -0.39 is 31.3 Å². The molecule has 0 saturated carbocycles. The second-order valence-corrected chi connectivity index (χ2v) is 9.32. The minimum atomic E-state index is -1.84. The van der Waals surface area contributed by atoms with Crippen LogP contribution in [0.1, 0.15) is 20.3 Å². The third-order valence-electron chi connectivity index (χ3n) is 3.64. The largest absolute Gasteiger partial charge is 0.479 e. The van der Waals surface area contributed by atoms with Crippen molar-refractivity contribution in [2.45, 2.75) is 39.7 Å². The van der Waals surface area contributed by atoms with Crippen LogP contribution < -0.4 is 0 Å². The molecule has 110 valence electrons. The van der Waals surface area contributed by atoms with Crippen molar-refractivity contribution in [1.29, 1.82) is 0 Å². The molecule has 0 aromatic rings. The first-order valence-corrected chi connectivity index (χ1v) is 7.53. The zero-order valence-corrected chi connectivity index (χ0v) is 13.5. The van der Waals surface area contributed by atoms with E-state index in [1.54, 1.807) is 13.8 Å². The molecule has 1 amide bonds. The van der Waals surface area contributed by atoms with E-state index in [0.717, 1.165) is 4.90 Å². The van der Waals surface area contributed by atoms with Gasteiger partial charge in [0.2, 0.25) is 0 Å². The molecule has 10 heteroatoms. The van der Waals surface area contributed by atoms with Crippen molar-refractivity contribution in [3.8, 4) is 0 Å². The number of carbonyl (C=O) groups is 2. The molecule has 0 spiro atoms. The van der Waals surface area contributed by atoms with Crippen LogP contribution >= 0.6 is 46.6 Å². The monoisotopic (exact) mass is 357 g/mol. The average molecular weight is 359 g/mol. The normalized spacial score (nSPS) is 31.6. The molecule has 0 aromatic carbocycles. The highest BCUT2D eigenvalue weighted by molar-refractivity contribution is 8.02. The Morgan fingerprint density at radius 1 is 1.55 bits per heavy atom. The van der Waals surface area contributed by atoms with Gasteiger partial charge in [0.05, 0.1) is 0 Å². The number of hydrogen-bond acceptors (Lipinski definition) is 3. The summed E-state index contributed by atoms with van der Waals surface area (Å²) in [6, 6.07) is 0. The Kier molecular flexibility index (Phi) is 3.59. The molecule has 2 heterocycles. The van der Waals surface area contributed by atoms with Crippen LogP contribution in [0.3, 0.4) is 0 Å². The van der Waals surface area contributed by atoms with E-state index in [2.05, 4.69) is 4.79 Å². The summed E-state index contributed by atoms with van der Waals surface area (Å²) in [7, 11) is 0. The molecular weight excluding hydrogens is 349 g/mol. The van der Waals surface area contributed by atoms with Crippen LogP contribution in [0.2, 0.25) is 0 Å². The molecule has 0 radical (unpaired) electrons. The molecule has 0 aliphatic carbocycles. The number of alkyl halides is 3. The second kappa shape index (κ2) is 4.52. The maximum atomic E-state index is 12.0. The number of carboxylic acids is 1. The molecule has 2 fully saturated rings. The van der Waals surface area contributed by atoms with Gasteiger partial charge < -0.3 is 10.6 Å². The van der Waals surface area contributed by atoms with Gasteiger partial charge in [0.15, 0.2) is 14.7 Å². The first-order valence-electron chi connectivity index (χ1n) is 5.51. The highest BCUT2D eigenvalue weighted by atomic mass is 35.6. The van der Waals surface area contributed by atoms with Gasteiger partial charge in [-0.15, -0.1) is 11.8 Å². The Hall–Kier alpha value is -0.460. The van der Waals surface area contributed by atoms with E-state index >= 15 is 0 Å². The van der Waals surface area contributed by atoms with E-state index in [0.29, 0.717) is 0 Å². The van der Waals surface area contributed by atoms with Gasteiger partial charge >= 0.3 is 17.6 Å². The maximum Gasteiger partial charge on any atom is 0.388 e. The number of fused-ring (bicyclic) bond motifs is 1. The average Bonchev–Trinajstić information content (AvgIpc) is 2.44. The molecule has 2 rings (SSSR count). The highest BCUT2D eigenvalue weighted by Gasteiger charge is 2.76. The zero-order valence-electron chi connectivity index (χ0n) is 10.4. The minimum Gasteiger partial charge on any atom is -0.479 e. The molecule has 0 aromatic heterocycles. The molecule has 2 saturated heterocycles. The number of aliphatic carboxylic acids is 1. The summed E-state index contributed by atoms with van der Waals surface area (Å²) in [5.74, 6) is -1.92. The summed E-state index contributed by atoms with van der Waals surface area (Å²) in [4.78, 5) is 27.9. The third kappa shape index (κ3) is 1.96. The summed E-state index contributed by atoms with van der Waals surface area (Å²) < 4.78 is -2.76. The number of nitrogens with zero attached hydrogens (tertiary/aromatic N) is 3. The van der Waals surface area contributed by atoms with Gasteiger partial charge in [0.25, 0.3) is 0 Å². The zero-order chi connectivity index (χ0) is 15.5. The van der Waals surface area contributed by atoms with Crippen molar-refractivity contribution in [2.75, 3.05) is 0 Å². The third-order valence-corrected chi connectivity index (χ3v) is 5.62. The van der Waals surface area contributed by atoms with Gasteiger partial charge in [0, 0.05) is 11.2 Å². The van der Waals surface area contributed by atoms with Gasteiger partial charge in [-0.2, -0.15) is 4.79 Å². The van der Waals surface area contributed by atoms with Crippen LogP contribution in [-0.4, -0.2) is 51.8 Å². The summed E-state index contributed by atoms with van der Waals surface area (Å²) in [5, 5.41) is 9.03. The number of β-lactam (4-membered cyclic amide) rings is 1. The van der Waals surface area contributed by atoms with Gasteiger partial charge in [-0.1, -0.05) is 34.8 Å². The van der Waals surface area contributed by atoms with E-state index in [1.807, 2.05) is 0 Å². The van der Waals surface area contributed by atoms with Gasteiger partial charge in [-0.3, -0.25) is 9.69 Å². The van der Waals surface area contributed by atoms with Crippen molar-refractivity contribution >= 4 is 64.2 Å². The van der Waals surface area contributed by atoms with Crippen LogP contribution in [0.4, 0.5) is 0 Å². The first-order chi connectivity index (χ1) is 8.98. The summed E-state index contributed by atoms with van der Waals surface area (Å²) >= 11 is 18.5. The molecule has 2 atom stereocenters. The molecule has 0 unspecified atom stereocenters. The fraction of sp³-hybridized carbons (Fsp3) is 0.700. The van der Waals surface area contributed by atoms with Crippen molar-refractivity contribution in [2.24, 2.45) is 0 Å². The van der Waals surface area contributed by atoms with Crippen molar-refractivity contribution in [1.82, 2.24) is 4.90 Å². The summed E-state index contributed by atoms with van der Waals surface area (Å²) in [5.41, 5.74) is 7.05. The predicted molar refractivity (Wildman–Crippen MR) is 76.2 cm³/mol. The number of rotatable bonds is 2. The molecule has 2 aliphatic heterocycles. The van der Waals surface area contributed by atoms with Gasteiger partial charge in [0.1, 0.15) is 0 Å². The summed E-state index contributed by atoms with van der Waals surface area (Å²) in [6.07, 6.45) is -0.360. The van der Waals surface area contributed by atoms with E-state index in [4.69, 9.17) is 40.3 Å². The second-order valence-electron chi connectivity index (χ2n) is 5.10. The number of amides is 1. The molecule has 0 bridgehead atoms. The Morgan fingerprint density at radius 3 is 2.50 bits per heavy atom. The van der Waals surface area contributed by atoms with Gasteiger partial charge in [-0.25, -0.2) is 4.79 Å². The van der Waals surface area contributed by atoms with E-state index in [1.165, 1.54) is 11.8 Å². The molecule has 20 heavy (non-hydrogen) atoms. The Labute approximate surface area is 134 Å². The van der Waals surface area contributed by atoms with Crippen LogP contribution in [0.5, 0.6) is 0 Å². The van der Waals surface area contributed by atoms with Crippen molar-refractivity contribution in [3.63, 3.8) is 0 Å². The predicted octanol–water partition coefficient (Wildman–Crippen LogP) is 1.93.